The molecule has 0 unspecified atom stereocenters. The van der Waals surface area contributed by atoms with Crippen molar-refractivity contribution < 1.29 is 9.59 Å². The Hall–Kier alpha value is -1.88. The molecule has 0 spiro atoms. The van der Waals surface area contributed by atoms with Crippen LogP contribution in [0.4, 0.5) is 0 Å². The Morgan fingerprint density at radius 3 is 2.48 bits per heavy atom. The molecule has 4 nitrogen and oxygen atoms in total. The van der Waals surface area contributed by atoms with E-state index >= 15 is 0 Å². The molecule has 0 atom stereocenters. The molecular weight excluding hydrogens is 332 g/mol. The molecule has 2 amide bonds. The molecule has 0 saturated heterocycles. The third-order valence-corrected chi connectivity index (χ3v) is 3.68. The summed E-state index contributed by atoms with van der Waals surface area (Å²) in [6.45, 7) is 0.341. The van der Waals surface area contributed by atoms with Crippen LogP contribution in [0, 0.1) is 0 Å². The first-order valence-corrected chi connectivity index (χ1v) is 7.44. The minimum Gasteiger partial charge on any atom is -0.352 e. The zero-order valence-corrected chi connectivity index (χ0v) is 13.6. The molecule has 110 valence electrons. The quantitative estimate of drug-likeness (QED) is 0.923. The first-order valence-electron chi connectivity index (χ1n) is 6.65. The highest BCUT2D eigenvalue weighted by Gasteiger charge is 2.08. The van der Waals surface area contributed by atoms with E-state index in [9.17, 15) is 9.59 Å². The van der Waals surface area contributed by atoms with Gasteiger partial charge in [0, 0.05) is 37.1 Å². The maximum absolute atomic E-state index is 12.1. The number of nitrogens with zero attached hydrogens (tertiary/aromatic N) is 1. The normalized spacial score (nSPS) is 10.4. The van der Waals surface area contributed by atoms with E-state index in [1.165, 1.54) is 4.90 Å². The summed E-state index contributed by atoms with van der Waals surface area (Å²) >= 11 is 3.42. The predicted molar refractivity (Wildman–Crippen MR) is 87.3 cm³/mol. The van der Waals surface area contributed by atoms with Crippen molar-refractivity contribution in [2.75, 3.05) is 20.6 Å². The number of hydrogen-bond acceptors (Lipinski definition) is 2. The van der Waals surface area contributed by atoms with Crippen LogP contribution < -0.4 is 5.32 Å². The van der Waals surface area contributed by atoms with Gasteiger partial charge in [0.05, 0.1) is 0 Å². The first-order chi connectivity index (χ1) is 9.97. The van der Waals surface area contributed by atoms with E-state index in [4.69, 9.17) is 0 Å². The van der Waals surface area contributed by atoms with E-state index < -0.39 is 0 Å². The van der Waals surface area contributed by atoms with E-state index in [0.29, 0.717) is 18.5 Å². The van der Waals surface area contributed by atoms with Crippen LogP contribution in [0.15, 0.2) is 40.9 Å². The summed E-state index contributed by atoms with van der Waals surface area (Å²) < 4.78 is 1.01. The van der Waals surface area contributed by atoms with Crippen LogP contribution in [0.1, 0.15) is 16.8 Å². The molecule has 0 heterocycles. The molecule has 0 aliphatic heterocycles. The van der Waals surface area contributed by atoms with Crippen LogP contribution in [0.5, 0.6) is 0 Å². The summed E-state index contributed by atoms with van der Waals surface area (Å²) in [5.74, 6) is -0.162. The topological polar surface area (TPSA) is 49.4 Å². The highest BCUT2D eigenvalue weighted by atomic mass is 79.9. The van der Waals surface area contributed by atoms with E-state index in [1.54, 1.807) is 20.2 Å². The number of rotatable bonds is 4. The lowest BCUT2D eigenvalue weighted by molar-refractivity contribution is -0.128. The van der Waals surface area contributed by atoms with Crippen molar-refractivity contribution in [3.05, 3.63) is 46.4 Å². The average Bonchev–Trinajstić information content (AvgIpc) is 2.46. The van der Waals surface area contributed by atoms with Gasteiger partial charge in [0.15, 0.2) is 0 Å². The Labute approximate surface area is 132 Å². The van der Waals surface area contributed by atoms with Crippen molar-refractivity contribution in [1.82, 2.24) is 10.2 Å². The molecule has 0 fully saturated rings. The van der Waals surface area contributed by atoms with Gasteiger partial charge in [0.2, 0.25) is 5.91 Å². The molecule has 1 N–H and O–H groups in total. The summed E-state index contributed by atoms with van der Waals surface area (Å²) in [4.78, 5) is 25.0. The highest BCUT2D eigenvalue weighted by molar-refractivity contribution is 9.10. The summed E-state index contributed by atoms with van der Waals surface area (Å²) in [7, 11) is 3.40. The van der Waals surface area contributed by atoms with Crippen molar-refractivity contribution in [1.29, 1.82) is 0 Å². The number of fused-ring (bicyclic) bond motifs is 1. The van der Waals surface area contributed by atoms with E-state index in [1.807, 2.05) is 30.3 Å². The molecule has 0 bridgehead atoms. The Bertz CT molecular complexity index is 683. The second kappa shape index (κ2) is 6.72. The van der Waals surface area contributed by atoms with Crippen molar-refractivity contribution in [2.45, 2.75) is 6.42 Å². The third kappa shape index (κ3) is 4.04. The lowest BCUT2D eigenvalue weighted by Crippen LogP contribution is -2.30. The van der Waals surface area contributed by atoms with Crippen molar-refractivity contribution >= 4 is 38.5 Å². The van der Waals surface area contributed by atoms with Crippen LogP contribution in [-0.2, 0) is 4.79 Å². The number of carbonyl (C=O) groups excluding carboxylic acids is 2. The highest BCUT2D eigenvalue weighted by Crippen LogP contribution is 2.20. The van der Waals surface area contributed by atoms with E-state index in [0.717, 1.165) is 15.2 Å². The summed E-state index contributed by atoms with van der Waals surface area (Å²) in [5.41, 5.74) is 0.599. The van der Waals surface area contributed by atoms with Gasteiger partial charge in [-0.3, -0.25) is 9.59 Å². The first kappa shape index (κ1) is 15.5. The van der Waals surface area contributed by atoms with Crippen LogP contribution >= 0.6 is 15.9 Å². The maximum atomic E-state index is 12.1. The van der Waals surface area contributed by atoms with Gasteiger partial charge in [0.1, 0.15) is 0 Å². The minimum atomic E-state index is -0.161. The number of hydrogen-bond donors (Lipinski definition) is 1. The smallest absolute Gasteiger partial charge is 0.251 e. The second-order valence-electron chi connectivity index (χ2n) is 5.00. The zero-order valence-electron chi connectivity index (χ0n) is 12.0. The van der Waals surface area contributed by atoms with E-state index in [-0.39, 0.29) is 11.8 Å². The molecule has 5 heteroatoms. The van der Waals surface area contributed by atoms with Crippen molar-refractivity contribution in [2.24, 2.45) is 0 Å². The lowest BCUT2D eigenvalue weighted by atomic mass is 10.1. The Balaban J connectivity index is 2.03. The Kier molecular flexibility index (Phi) is 4.96. The van der Waals surface area contributed by atoms with Crippen LogP contribution in [0.25, 0.3) is 10.8 Å². The van der Waals surface area contributed by atoms with Gasteiger partial charge in [0.25, 0.3) is 5.91 Å². The largest absolute Gasteiger partial charge is 0.352 e. The molecule has 0 aliphatic rings. The van der Waals surface area contributed by atoms with Gasteiger partial charge in [-0.05, 0) is 35.0 Å². The fourth-order valence-corrected chi connectivity index (χ4v) is 2.35. The number of nitrogens with one attached hydrogen (secondary N) is 1. The van der Waals surface area contributed by atoms with Crippen LogP contribution in [0.3, 0.4) is 0 Å². The van der Waals surface area contributed by atoms with Gasteiger partial charge < -0.3 is 10.2 Å². The second-order valence-corrected chi connectivity index (χ2v) is 5.92. The predicted octanol–water partition coefficient (Wildman–Crippen LogP) is 2.81. The number of carbonyl (C=O) groups is 2. The van der Waals surface area contributed by atoms with Crippen molar-refractivity contribution in [3.63, 3.8) is 0 Å². The van der Waals surface area contributed by atoms with Crippen LogP contribution in [-0.4, -0.2) is 37.4 Å². The van der Waals surface area contributed by atoms with Gasteiger partial charge in [-0.1, -0.05) is 28.1 Å². The van der Waals surface area contributed by atoms with E-state index in [2.05, 4.69) is 21.2 Å². The average molecular weight is 349 g/mol. The summed E-state index contributed by atoms with van der Waals surface area (Å²) in [6, 6.07) is 11.5. The van der Waals surface area contributed by atoms with Gasteiger partial charge in [-0.25, -0.2) is 0 Å². The number of halogens is 1. The zero-order chi connectivity index (χ0) is 15.4. The lowest BCUT2D eigenvalue weighted by Gasteiger charge is -2.10. The van der Waals surface area contributed by atoms with Gasteiger partial charge in [-0.15, -0.1) is 0 Å². The fourth-order valence-electron chi connectivity index (χ4n) is 1.97. The Morgan fingerprint density at radius 2 is 1.76 bits per heavy atom. The molecule has 0 radical (unpaired) electrons. The number of benzene rings is 2. The van der Waals surface area contributed by atoms with Crippen LogP contribution in [0.2, 0.25) is 0 Å². The number of amides is 2. The minimum absolute atomic E-state index is 0.00124. The molecule has 0 aromatic heterocycles. The maximum Gasteiger partial charge on any atom is 0.251 e. The van der Waals surface area contributed by atoms with Gasteiger partial charge >= 0.3 is 0 Å². The van der Waals surface area contributed by atoms with Gasteiger partial charge in [-0.2, -0.15) is 0 Å². The standard InChI is InChI=1S/C16H17BrN2O2/c1-19(2)15(20)7-8-18-16(21)13-4-3-12-10-14(17)6-5-11(12)9-13/h3-6,9-10H,7-8H2,1-2H3,(H,18,21). The molecule has 2 aromatic carbocycles. The summed E-state index contributed by atoms with van der Waals surface area (Å²) in [6.07, 6.45) is 0.305. The van der Waals surface area contributed by atoms with Crippen molar-refractivity contribution in [3.8, 4) is 0 Å². The molecule has 21 heavy (non-hydrogen) atoms. The fraction of sp³-hybridized carbons (Fsp3) is 0.250. The monoisotopic (exact) mass is 348 g/mol. The SMILES string of the molecule is CN(C)C(=O)CCNC(=O)c1ccc2cc(Br)ccc2c1. The molecule has 2 rings (SSSR count). The Morgan fingerprint density at radius 1 is 1.10 bits per heavy atom. The molecular formula is C16H17BrN2O2. The molecule has 0 aliphatic carbocycles. The third-order valence-electron chi connectivity index (χ3n) is 3.19. The summed E-state index contributed by atoms with van der Waals surface area (Å²) in [5, 5.41) is 4.85. The molecule has 2 aromatic rings. The molecule has 0 saturated carbocycles.